The molecule has 5 heteroatoms. The van der Waals surface area contributed by atoms with E-state index in [2.05, 4.69) is 5.32 Å². The summed E-state index contributed by atoms with van der Waals surface area (Å²) in [6, 6.07) is 19.3. The number of nitrogens with one attached hydrogen (secondary N) is 1. The van der Waals surface area contributed by atoms with E-state index in [4.69, 9.17) is 4.74 Å². The molecule has 0 fully saturated rings. The second-order valence-corrected chi connectivity index (χ2v) is 6.77. The summed E-state index contributed by atoms with van der Waals surface area (Å²) in [5.41, 5.74) is 0.263. The van der Waals surface area contributed by atoms with Gasteiger partial charge in [-0.15, -0.1) is 11.8 Å². The number of carbonyl (C=O) groups excluding carboxylic acids is 2. The molecule has 0 unspecified atom stereocenters. The first-order chi connectivity index (χ1) is 11.6. The van der Waals surface area contributed by atoms with Crippen LogP contribution in [0.5, 0.6) is 0 Å². The van der Waals surface area contributed by atoms with Crippen molar-refractivity contribution in [2.24, 2.45) is 0 Å². The molecule has 0 aliphatic rings. The van der Waals surface area contributed by atoms with Gasteiger partial charge in [0.15, 0.2) is 0 Å². The van der Waals surface area contributed by atoms with E-state index in [0.717, 1.165) is 16.7 Å². The van der Waals surface area contributed by atoms with Gasteiger partial charge in [0.1, 0.15) is 12.9 Å². The fourth-order valence-corrected chi connectivity index (χ4v) is 3.12. The average molecular weight is 343 g/mol. The van der Waals surface area contributed by atoms with Crippen LogP contribution in [0.4, 0.5) is 4.79 Å². The predicted molar refractivity (Wildman–Crippen MR) is 96.0 cm³/mol. The van der Waals surface area contributed by atoms with Crippen LogP contribution in [0.25, 0.3) is 0 Å². The molecule has 0 bridgehead atoms. The molecule has 0 saturated heterocycles. The van der Waals surface area contributed by atoms with Gasteiger partial charge in [-0.1, -0.05) is 48.5 Å². The molecule has 1 atom stereocenters. The normalized spacial score (nSPS) is 12.9. The van der Waals surface area contributed by atoms with E-state index in [9.17, 15) is 9.59 Å². The van der Waals surface area contributed by atoms with Crippen LogP contribution < -0.4 is 5.32 Å². The molecule has 126 valence electrons. The van der Waals surface area contributed by atoms with Gasteiger partial charge in [-0.25, -0.2) is 4.79 Å². The van der Waals surface area contributed by atoms with Gasteiger partial charge in [-0.05, 0) is 24.6 Å². The SMILES string of the molecule is C[C@@](CC=O)(CSc1ccccc1)NC(=O)OCc1ccccc1. The Bertz CT molecular complexity index is 648. The first kappa shape index (κ1) is 18.1. The largest absolute Gasteiger partial charge is 0.445 e. The molecular weight excluding hydrogens is 322 g/mol. The molecule has 2 aromatic carbocycles. The highest BCUT2D eigenvalue weighted by atomic mass is 32.2. The topological polar surface area (TPSA) is 55.4 Å². The van der Waals surface area contributed by atoms with Crippen LogP contribution in [-0.2, 0) is 16.1 Å². The minimum atomic E-state index is -0.657. The highest BCUT2D eigenvalue weighted by Crippen LogP contribution is 2.24. The first-order valence-corrected chi connectivity index (χ1v) is 8.70. The highest BCUT2D eigenvalue weighted by molar-refractivity contribution is 7.99. The second-order valence-electron chi connectivity index (χ2n) is 5.72. The van der Waals surface area contributed by atoms with Crippen molar-refractivity contribution in [3.8, 4) is 0 Å². The molecule has 0 heterocycles. The third-order valence-electron chi connectivity index (χ3n) is 3.45. The number of alkyl carbamates (subject to hydrolysis) is 1. The number of benzene rings is 2. The van der Waals surface area contributed by atoms with Gasteiger partial charge in [0.2, 0.25) is 0 Å². The lowest BCUT2D eigenvalue weighted by Crippen LogP contribution is -2.48. The lowest BCUT2D eigenvalue weighted by atomic mass is 10.0. The molecule has 1 amide bonds. The van der Waals surface area contributed by atoms with Crippen molar-refractivity contribution in [1.82, 2.24) is 5.32 Å². The zero-order valence-corrected chi connectivity index (χ0v) is 14.4. The summed E-state index contributed by atoms with van der Waals surface area (Å²) in [6.45, 7) is 2.05. The van der Waals surface area contributed by atoms with Gasteiger partial charge < -0.3 is 14.8 Å². The first-order valence-electron chi connectivity index (χ1n) is 7.72. The maximum Gasteiger partial charge on any atom is 0.407 e. The Hall–Kier alpha value is -2.27. The maximum atomic E-state index is 12.1. The Morgan fingerprint density at radius 2 is 1.75 bits per heavy atom. The third-order valence-corrected chi connectivity index (χ3v) is 4.84. The molecule has 0 spiro atoms. The van der Waals surface area contributed by atoms with Crippen LogP contribution in [0.2, 0.25) is 0 Å². The predicted octanol–water partition coefficient (Wildman–Crippen LogP) is 4.05. The van der Waals surface area contributed by atoms with Gasteiger partial charge in [0, 0.05) is 17.1 Å². The van der Waals surface area contributed by atoms with Crippen LogP contribution in [0, 0.1) is 0 Å². The number of carbonyl (C=O) groups is 2. The lowest BCUT2D eigenvalue weighted by Gasteiger charge is -2.28. The van der Waals surface area contributed by atoms with Crippen molar-refractivity contribution in [2.45, 2.75) is 30.4 Å². The van der Waals surface area contributed by atoms with E-state index in [1.807, 2.05) is 67.6 Å². The molecule has 0 saturated carbocycles. The molecule has 24 heavy (non-hydrogen) atoms. The highest BCUT2D eigenvalue weighted by Gasteiger charge is 2.27. The van der Waals surface area contributed by atoms with Gasteiger partial charge in [0.05, 0.1) is 5.54 Å². The van der Waals surface area contributed by atoms with Crippen LogP contribution >= 0.6 is 11.8 Å². The summed E-state index contributed by atoms with van der Waals surface area (Å²) in [7, 11) is 0. The fraction of sp³-hybridized carbons (Fsp3) is 0.263. The maximum absolute atomic E-state index is 12.1. The Morgan fingerprint density at radius 1 is 1.12 bits per heavy atom. The quantitative estimate of drug-likeness (QED) is 0.580. The second kappa shape index (κ2) is 9.13. The van der Waals surface area contributed by atoms with E-state index < -0.39 is 11.6 Å². The summed E-state index contributed by atoms with van der Waals surface area (Å²) in [5.74, 6) is 0.580. The molecule has 0 radical (unpaired) electrons. The summed E-state index contributed by atoms with van der Waals surface area (Å²) in [6.07, 6.45) is 0.535. The molecule has 2 aromatic rings. The van der Waals surface area contributed by atoms with Gasteiger partial charge >= 0.3 is 6.09 Å². The van der Waals surface area contributed by atoms with Gasteiger partial charge in [-0.3, -0.25) is 0 Å². The number of ether oxygens (including phenoxy) is 1. The van der Waals surface area contributed by atoms with Crippen LogP contribution in [0.15, 0.2) is 65.6 Å². The zero-order chi connectivity index (χ0) is 17.3. The Labute approximate surface area is 146 Å². The monoisotopic (exact) mass is 343 g/mol. The number of hydrogen-bond donors (Lipinski definition) is 1. The Morgan fingerprint density at radius 3 is 2.38 bits per heavy atom. The summed E-state index contributed by atoms with van der Waals surface area (Å²) in [5, 5.41) is 2.82. The molecule has 1 N–H and O–H groups in total. The molecule has 2 rings (SSSR count). The minimum Gasteiger partial charge on any atom is -0.445 e. The van der Waals surface area contributed by atoms with E-state index >= 15 is 0 Å². The van der Waals surface area contributed by atoms with Crippen molar-refractivity contribution >= 4 is 24.1 Å². The third kappa shape index (κ3) is 6.08. The Kier molecular flexibility index (Phi) is 6.88. The van der Waals surface area contributed by atoms with Gasteiger partial charge in [-0.2, -0.15) is 0 Å². The number of thioether (sulfide) groups is 1. The average Bonchev–Trinajstić information content (AvgIpc) is 2.60. The van der Waals surface area contributed by atoms with Crippen molar-refractivity contribution in [3.05, 3.63) is 66.2 Å². The summed E-state index contributed by atoms with van der Waals surface area (Å²) < 4.78 is 5.25. The van der Waals surface area contributed by atoms with Crippen LogP contribution in [-0.4, -0.2) is 23.7 Å². The smallest absolute Gasteiger partial charge is 0.407 e. The zero-order valence-electron chi connectivity index (χ0n) is 13.6. The van der Waals surface area contributed by atoms with Gasteiger partial charge in [0.25, 0.3) is 0 Å². The van der Waals surface area contributed by atoms with E-state index in [1.165, 1.54) is 0 Å². The van der Waals surface area contributed by atoms with Crippen LogP contribution in [0.1, 0.15) is 18.9 Å². The van der Waals surface area contributed by atoms with Crippen molar-refractivity contribution in [3.63, 3.8) is 0 Å². The number of rotatable bonds is 8. The van der Waals surface area contributed by atoms with Crippen molar-refractivity contribution in [2.75, 3.05) is 5.75 Å². The van der Waals surface area contributed by atoms with E-state index in [-0.39, 0.29) is 13.0 Å². The fourth-order valence-electron chi connectivity index (χ4n) is 2.09. The Balaban J connectivity index is 1.88. The molecular formula is C19H21NO3S. The van der Waals surface area contributed by atoms with E-state index in [0.29, 0.717) is 5.75 Å². The van der Waals surface area contributed by atoms with E-state index in [1.54, 1.807) is 11.8 Å². The van der Waals surface area contributed by atoms with Crippen molar-refractivity contribution in [1.29, 1.82) is 0 Å². The number of aldehydes is 1. The number of amides is 1. The van der Waals surface area contributed by atoms with Crippen molar-refractivity contribution < 1.29 is 14.3 Å². The molecule has 4 nitrogen and oxygen atoms in total. The summed E-state index contributed by atoms with van der Waals surface area (Å²) in [4.78, 5) is 24.1. The molecule has 0 aliphatic heterocycles. The summed E-state index contributed by atoms with van der Waals surface area (Å²) >= 11 is 1.59. The minimum absolute atomic E-state index is 0.204. The van der Waals surface area contributed by atoms with Crippen LogP contribution in [0.3, 0.4) is 0 Å². The molecule has 0 aromatic heterocycles. The standard InChI is InChI=1S/C19H21NO3S/c1-19(12-13-21,15-24-17-10-6-3-7-11-17)20-18(22)23-14-16-8-4-2-5-9-16/h2-11,13H,12,14-15H2,1H3,(H,20,22)/t19-/m1/s1. The lowest BCUT2D eigenvalue weighted by molar-refractivity contribution is -0.108. The number of hydrogen-bond acceptors (Lipinski definition) is 4. The molecule has 0 aliphatic carbocycles.